The zero-order valence-corrected chi connectivity index (χ0v) is 16.0. The molecule has 2 aliphatic heterocycles. The second-order valence-electron chi connectivity index (χ2n) is 8.75. The summed E-state index contributed by atoms with van der Waals surface area (Å²) < 4.78 is 0. The van der Waals surface area contributed by atoms with Crippen molar-refractivity contribution < 1.29 is 9.59 Å². The van der Waals surface area contributed by atoms with Crippen molar-refractivity contribution in [1.82, 2.24) is 20.4 Å². The van der Waals surface area contributed by atoms with Crippen molar-refractivity contribution in [3.05, 3.63) is 0 Å². The first-order valence-corrected chi connectivity index (χ1v) is 9.89. The zero-order chi connectivity index (χ0) is 18.0. The van der Waals surface area contributed by atoms with E-state index in [1.165, 1.54) is 12.8 Å². The van der Waals surface area contributed by atoms with Crippen LogP contribution in [-0.4, -0.2) is 72.5 Å². The molecule has 0 radical (unpaired) electrons. The molecule has 2 heterocycles. The number of nitrogens with zero attached hydrogens (tertiary/aromatic N) is 2. The quantitative estimate of drug-likeness (QED) is 0.796. The highest BCUT2D eigenvalue weighted by Crippen LogP contribution is 2.38. The molecule has 142 valence electrons. The van der Waals surface area contributed by atoms with Gasteiger partial charge in [0.1, 0.15) is 0 Å². The van der Waals surface area contributed by atoms with Crippen LogP contribution in [0.5, 0.6) is 0 Å². The highest BCUT2D eigenvalue weighted by Gasteiger charge is 2.40. The lowest BCUT2D eigenvalue weighted by Gasteiger charge is -2.42. The van der Waals surface area contributed by atoms with E-state index in [4.69, 9.17) is 0 Å². The van der Waals surface area contributed by atoms with Gasteiger partial charge in [-0.3, -0.25) is 9.59 Å². The van der Waals surface area contributed by atoms with Crippen molar-refractivity contribution in [3.8, 4) is 0 Å². The molecule has 3 aliphatic rings. The van der Waals surface area contributed by atoms with Crippen molar-refractivity contribution >= 4 is 11.8 Å². The third kappa shape index (κ3) is 4.34. The summed E-state index contributed by atoms with van der Waals surface area (Å²) in [7, 11) is 0. The Labute approximate surface area is 151 Å². The summed E-state index contributed by atoms with van der Waals surface area (Å²) in [5.74, 6) is 0.365. The van der Waals surface area contributed by atoms with Crippen LogP contribution in [0.3, 0.4) is 0 Å². The molecule has 6 nitrogen and oxygen atoms in total. The van der Waals surface area contributed by atoms with E-state index in [2.05, 4.69) is 29.4 Å². The molecule has 2 N–H and O–H groups in total. The number of carbonyl (C=O) groups excluding carboxylic acids is 2. The first kappa shape index (κ1) is 18.6. The van der Waals surface area contributed by atoms with Gasteiger partial charge in [-0.05, 0) is 37.5 Å². The summed E-state index contributed by atoms with van der Waals surface area (Å²) in [4.78, 5) is 29.1. The molecule has 3 rings (SSSR count). The predicted octanol–water partition coefficient (Wildman–Crippen LogP) is 0.966. The molecular weight excluding hydrogens is 316 g/mol. The normalized spacial score (nSPS) is 30.3. The smallest absolute Gasteiger partial charge is 0.239 e. The van der Waals surface area contributed by atoms with E-state index in [1.807, 2.05) is 4.90 Å². The molecule has 0 bridgehead atoms. The average Bonchev–Trinajstić information content (AvgIpc) is 3.06. The maximum absolute atomic E-state index is 12.7. The number of amides is 2. The molecule has 2 saturated heterocycles. The fourth-order valence-electron chi connectivity index (χ4n) is 4.70. The van der Waals surface area contributed by atoms with Crippen LogP contribution >= 0.6 is 0 Å². The van der Waals surface area contributed by atoms with E-state index >= 15 is 0 Å². The van der Waals surface area contributed by atoms with Gasteiger partial charge in [0.25, 0.3) is 0 Å². The molecule has 0 aromatic carbocycles. The third-order valence-electron chi connectivity index (χ3n) is 6.29. The summed E-state index contributed by atoms with van der Waals surface area (Å²) in [6, 6.07) is 0.357. The van der Waals surface area contributed by atoms with Gasteiger partial charge in [-0.25, -0.2) is 0 Å². The summed E-state index contributed by atoms with van der Waals surface area (Å²) in [5, 5.41) is 6.67. The summed E-state index contributed by atoms with van der Waals surface area (Å²) in [6.07, 6.45) is 5.26. The number of hydrogen-bond donors (Lipinski definition) is 2. The lowest BCUT2D eigenvalue weighted by atomic mass is 9.75. The maximum atomic E-state index is 12.7. The highest BCUT2D eigenvalue weighted by atomic mass is 16.2. The van der Waals surface area contributed by atoms with Gasteiger partial charge in [-0.1, -0.05) is 13.8 Å². The van der Waals surface area contributed by atoms with E-state index in [0.29, 0.717) is 11.5 Å². The minimum Gasteiger partial charge on any atom is -0.339 e. The zero-order valence-electron chi connectivity index (χ0n) is 16.0. The summed E-state index contributed by atoms with van der Waals surface area (Å²) >= 11 is 0. The summed E-state index contributed by atoms with van der Waals surface area (Å²) in [6.45, 7) is 10.4. The van der Waals surface area contributed by atoms with Crippen molar-refractivity contribution in [2.45, 2.75) is 71.0 Å². The number of carbonyl (C=O) groups is 2. The fraction of sp³-hybridized carbons (Fsp3) is 0.895. The summed E-state index contributed by atoms with van der Waals surface area (Å²) in [5.41, 5.74) is 0.397. The second-order valence-corrected chi connectivity index (χ2v) is 8.75. The molecule has 2 amide bonds. The Morgan fingerprint density at radius 2 is 1.72 bits per heavy atom. The van der Waals surface area contributed by atoms with Gasteiger partial charge in [-0.2, -0.15) is 0 Å². The van der Waals surface area contributed by atoms with Gasteiger partial charge in [0, 0.05) is 51.7 Å². The molecule has 3 fully saturated rings. The molecule has 1 aliphatic carbocycles. The van der Waals surface area contributed by atoms with Crippen LogP contribution in [0.4, 0.5) is 0 Å². The standard InChI is InChI=1S/C19H34N4O2/c1-14(24)23(15-4-6-19(2,3)7-5-15)16-12-17(21-13-16)18(25)22-10-8-20-9-11-22/h15-17,20-21H,4-13H2,1-3H3/t16-,17-/m0/s1. The lowest BCUT2D eigenvalue weighted by molar-refractivity contribution is -0.136. The van der Waals surface area contributed by atoms with Crippen molar-refractivity contribution in [1.29, 1.82) is 0 Å². The molecule has 2 atom stereocenters. The Morgan fingerprint density at radius 3 is 2.32 bits per heavy atom. The number of hydrogen-bond acceptors (Lipinski definition) is 4. The molecule has 6 heteroatoms. The highest BCUT2D eigenvalue weighted by molar-refractivity contribution is 5.83. The topological polar surface area (TPSA) is 64.7 Å². The second kappa shape index (κ2) is 7.62. The Hall–Kier alpha value is -1.14. The molecular formula is C19H34N4O2. The molecule has 0 spiro atoms. The largest absolute Gasteiger partial charge is 0.339 e. The van der Waals surface area contributed by atoms with Gasteiger partial charge in [0.15, 0.2) is 0 Å². The van der Waals surface area contributed by atoms with Crippen LogP contribution in [0.2, 0.25) is 0 Å². The van der Waals surface area contributed by atoms with E-state index in [1.54, 1.807) is 6.92 Å². The number of piperazine rings is 1. The van der Waals surface area contributed by atoms with E-state index in [9.17, 15) is 9.59 Å². The van der Waals surface area contributed by atoms with E-state index in [0.717, 1.165) is 52.0 Å². The molecule has 0 unspecified atom stereocenters. The van der Waals surface area contributed by atoms with Gasteiger partial charge in [0.2, 0.25) is 11.8 Å². The van der Waals surface area contributed by atoms with E-state index in [-0.39, 0.29) is 23.9 Å². The number of nitrogens with one attached hydrogen (secondary N) is 2. The Kier molecular flexibility index (Phi) is 5.68. The predicted molar refractivity (Wildman–Crippen MR) is 98.2 cm³/mol. The monoisotopic (exact) mass is 350 g/mol. The van der Waals surface area contributed by atoms with Gasteiger partial charge < -0.3 is 20.4 Å². The third-order valence-corrected chi connectivity index (χ3v) is 6.29. The van der Waals surface area contributed by atoms with Crippen molar-refractivity contribution in [3.63, 3.8) is 0 Å². The van der Waals surface area contributed by atoms with Crippen LogP contribution in [0.25, 0.3) is 0 Å². The first-order valence-electron chi connectivity index (χ1n) is 9.89. The lowest BCUT2D eigenvalue weighted by Crippen LogP contribution is -2.51. The maximum Gasteiger partial charge on any atom is 0.239 e. The first-order chi connectivity index (χ1) is 11.9. The fourth-order valence-corrected chi connectivity index (χ4v) is 4.70. The van der Waals surface area contributed by atoms with Crippen LogP contribution in [-0.2, 0) is 9.59 Å². The molecule has 25 heavy (non-hydrogen) atoms. The molecule has 1 saturated carbocycles. The van der Waals surface area contributed by atoms with E-state index < -0.39 is 0 Å². The Balaban J connectivity index is 1.60. The minimum atomic E-state index is -0.134. The van der Waals surface area contributed by atoms with Crippen LogP contribution in [0.15, 0.2) is 0 Å². The van der Waals surface area contributed by atoms with Gasteiger partial charge >= 0.3 is 0 Å². The Morgan fingerprint density at radius 1 is 1.08 bits per heavy atom. The minimum absolute atomic E-state index is 0.134. The van der Waals surface area contributed by atoms with Gasteiger partial charge in [0.05, 0.1) is 6.04 Å². The average molecular weight is 351 g/mol. The SMILES string of the molecule is CC(=O)N(C1CCC(C)(C)CC1)[C@@H]1CN[C@H](C(=O)N2CCNCC2)C1. The van der Waals surface area contributed by atoms with Gasteiger partial charge in [-0.15, -0.1) is 0 Å². The molecule has 0 aromatic heterocycles. The number of rotatable bonds is 3. The van der Waals surface area contributed by atoms with Crippen molar-refractivity contribution in [2.75, 3.05) is 32.7 Å². The van der Waals surface area contributed by atoms with Crippen LogP contribution in [0, 0.1) is 5.41 Å². The Bertz CT molecular complexity index is 492. The van der Waals surface area contributed by atoms with Crippen LogP contribution in [0.1, 0.15) is 52.9 Å². The molecule has 0 aromatic rings. The van der Waals surface area contributed by atoms with Crippen molar-refractivity contribution in [2.24, 2.45) is 5.41 Å². The van der Waals surface area contributed by atoms with Crippen LogP contribution < -0.4 is 10.6 Å².